The van der Waals surface area contributed by atoms with Crippen LogP contribution in [0.25, 0.3) is 0 Å². The van der Waals surface area contributed by atoms with Gasteiger partial charge >= 0.3 is 0 Å². The summed E-state index contributed by atoms with van der Waals surface area (Å²) >= 11 is 0. The molecule has 1 amide bonds. The quantitative estimate of drug-likeness (QED) is 0.639. The van der Waals surface area contributed by atoms with Crippen LogP contribution in [0.5, 0.6) is 0 Å². The summed E-state index contributed by atoms with van der Waals surface area (Å²) in [5.74, 6) is -0.354. The van der Waals surface area contributed by atoms with Gasteiger partial charge in [0.2, 0.25) is 0 Å². The van der Waals surface area contributed by atoms with Gasteiger partial charge in [0.15, 0.2) is 0 Å². The molecule has 0 spiro atoms. The zero-order valence-corrected chi connectivity index (χ0v) is 11.2. The van der Waals surface area contributed by atoms with Crippen molar-refractivity contribution in [2.75, 3.05) is 0 Å². The highest BCUT2D eigenvalue weighted by Gasteiger charge is 2.20. The summed E-state index contributed by atoms with van der Waals surface area (Å²) in [7, 11) is 0. The van der Waals surface area contributed by atoms with E-state index in [0.717, 1.165) is 5.56 Å². The molecule has 0 saturated heterocycles. The predicted molar refractivity (Wildman–Crippen MR) is 71.2 cm³/mol. The number of carbonyl (C=O) groups is 1. The highest BCUT2D eigenvalue weighted by atomic mass is 16.6. The molecule has 0 aromatic carbocycles. The molecule has 0 aliphatic rings. The molecular weight excluding hydrogens is 262 g/mol. The van der Waals surface area contributed by atoms with E-state index in [1.54, 1.807) is 17.0 Å². The van der Waals surface area contributed by atoms with Crippen molar-refractivity contribution in [3.05, 3.63) is 46.0 Å². The Morgan fingerprint density at radius 2 is 2.35 bits per heavy atom. The minimum absolute atomic E-state index is 0.0432. The maximum atomic E-state index is 12.1. The molecule has 0 unspecified atom stereocenters. The molecule has 0 aliphatic heterocycles. The highest BCUT2D eigenvalue weighted by molar-refractivity contribution is 5.93. The van der Waals surface area contributed by atoms with Crippen molar-refractivity contribution in [3.63, 3.8) is 0 Å². The molecule has 106 valence electrons. The van der Waals surface area contributed by atoms with Crippen molar-refractivity contribution in [1.82, 2.24) is 20.1 Å². The van der Waals surface area contributed by atoms with E-state index in [0.29, 0.717) is 6.54 Å². The summed E-state index contributed by atoms with van der Waals surface area (Å²) in [5, 5.41) is 19.9. The van der Waals surface area contributed by atoms with E-state index in [2.05, 4.69) is 15.5 Å². The van der Waals surface area contributed by atoms with Crippen molar-refractivity contribution in [3.8, 4) is 0 Å². The van der Waals surface area contributed by atoms with E-state index in [4.69, 9.17) is 0 Å². The molecule has 0 fully saturated rings. The Morgan fingerprint density at radius 3 is 2.90 bits per heavy atom. The maximum Gasteiger partial charge on any atom is 0.287 e. The third-order valence-corrected chi connectivity index (χ3v) is 2.84. The van der Waals surface area contributed by atoms with E-state index in [1.165, 1.54) is 12.3 Å². The molecule has 2 heterocycles. The Labute approximate surface area is 114 Å². The van der Waals surface area contributed by atoms with Crippen LogP contribution >= 0.6 is 0 Å². The third kappa shape index (κ3) is 2.85. The Hall–Kier alpha value is -2.64. The summed E-state index contributed by atoms with van der Waals surface area (Å²) in [4.78, 5) is 22.4. The maximum absolute atomic E-state index is 12.1. The SMILES string of the molecule is CC(C)n1cc([N+](=O)[O-])cc1C(=O)NCc1cn[nH]c1. The fourth-order valence-corrected chi connectivity index (χ4v) is 1.82. The minimum Gasteiger partial charge on any atom is -0.347 e. The van der Waals surface area contributed by atoms with Crippen LogP contribution in [0.1, 0.15) is 35.9 Å². The van der Waals surface area contributed by atoms with Crippen molar-refractivity contribution >= 4 is 11.6 Å². The Morgan fingerprint density at radius 1 is 1.60 bits per heavy atom. The molecule has 0 radical (unpaired) electrons. The van der Waals surface area contributed by atoms with Crippen molar-refractivity contribution in [2.45, 2.75) is 26.4 Å². The lowest BCUT2D eigenvalue weighted by Crippen LogP contribution is -2.25. The van der Waals surface area contributed by atoms with E-state index in [-0.39, 0.29) is 23.3 Å². The van der Waals surface area contributed by atoms with Gasteiger partial charge in [-0.05, 0) is 13.8 Å². The molecule has 20 heavy (non-hydrogen) atoms. The van der Waals surface area contributed by atoms with Crippen LogP contribution in [0.15, 0.2) is 24.7 Å². The molecular formula is C12H15N5O3. The summed E-state index contributed by atoms with van der Waals surface area (Å²) < 4.78 is 1.59. The first-order valence-corrected chi connectivity index (χ1v) is 6.11. The van der Waals surface area contributed by atoms with Gasteiger partial charge < -0.3 is 9.88 Å². The van der Waals surface area contributed by atoms with E-state index >= 15 is 0 Å². The number of H-pyrrole nitrogens is 1. The summed E-state index contributed by atoms with van der Waals surface area (Å²) in [6, 6.07) is 1.24. The van der Waals surface area contributed by atoms with Crippen molar-refractivity contribution < 1.29 is 9.72 Å². The summed E-state index contributed by atoms with van der Waals surface area (Å²) in [5.41, 5.74) is 1.01. The summed E-state index contributed by atoms with van der Waals surface area (Å²) in [6.07, 6.45) is 4.64. The van der Waals surface area contributed by atoms with Crippen LogP contribution in [0.4, 0.5) is 5.69 Å². The highest BCUT2D eigenvalue weighted by Crippen LogP contribution is 2.20. The van der Waals surface area contributed by atoms with Gasteiger partial charge in [-0.25, -0.2) is 0 Å². The molecule has 8 nitrogen and oxygen atoms in total. The number of carbonyl (C=O) groups excluding carboxylic acids is 1. The second-order valence-corrected chi connectivity index (χ2v) is 4.63. The summed E-state index contributed by atoms with van der Waals surface area (Å²) in [6.45, 7) is 4.03. The first-order valence-electron chi connectivity index (χ1n) is 6.11. The van der Waals surface area contributed by atoms with E-state index in [1.807, 2.05) is 13.8 Å². The molecule has 0 bridgehead atoms. The largest absolute Gasteiger partial charge is 0.347 e. The number of nitro groups is 1. The lowest BCUT2D eigenvalue weighted by Gasteiger charge is -2.11. The second kappa shape index (κ2) is 5.55. The number of rotatable bonds is 5. The van der Waals surface area contributed by atoms with Crippen LogP contribution in [0.3, 0.4) is 0 Å². The first kappa shape index (κ1) is 13.8. The minimum atomic E-state index is -0.508. The fraction of sp³-hybridized carbons (Fsp3) is 0.333. The van der Waals surface area contributed by atoms with E-state index < -0.39 is 4.92 Å². The number of nitrogens with zero attached hydrogens (tertiary/aromatic N) is 3. The van der Waals surface area contributed by atoms with Crippen molar-refractivity contribution in [2.24, 2.45) is 0 Å². The van der Waals surface area contributed by atoms with Gasteiger partial charge in [-0.1, -0.05) is 0 Å². The van der Waals surface area contributed by atoms with Gasteiger partial charge in [0.05, 0.1) is 17.3 Å². The second-order valence-electron chi connectivity index (χ2n) is 4.63. The molecule has 0 saturated carbocycles. The number of aromatic amines is 1. The number of amides is 1. The van der Waals surface area contributed by atoms with E-state index in [9.17, 15) is 14.9 Å². The average molecular weight is 277 g/mol. The lowest BCUT2D eigenvalue weighted by molar-refractivity contribution is -0.384. The van der Waals surface area contributed by atoms with Gasteiger partial charge in [-0.2, -0.15) is 5.10 Å². The first-order chi connectivity index (χ1) is 9.49. The number of hydrogen-bond acceptors (Lipinski definition) is 4. The van der Waals surface area contributed by atoms with Gasteiger partial charge in [0, 0.05) is 30.4 Å². The zero-order chi connectivity index (χ0) is 14.7. The molecule has 2 aromatic rings. The van der Waals surface area contributed by atoms with Crippen LogP contribution in [-0.4, -0.2) is 25.6 Å². The number of aromatic nitrogens is 3. The van der Waals surface area contributed by atoms with Crippen LogP contribution in [0, 0.1) is 10.1 Å². The Kier molecular flexibility index (Phi) is 3.83. The molecule has 0 aliphatic carbocycles. The standard InChI is InChI=1S/C12H15N5O3/c1-8(2)16-7-10(17(19)20)3-11(16)12(18)13-4-9-5-14-15-6-9/h3,5-8H,4H2,1-2H3,(H,13,18)(H,14,15). The normalized spacial score (nSPS) is 10.8. The lowest BCUT2D eigenvalue weighted by atomic mass is 10.3. The average Bonchev–Trinajstić information content (AvgIpc) is 3.04. The van der Waals surface area contributed by atoms with Gasteiger partial charge in [0.25, 0.3) is 11.6 Å². The molecule has 2 rings (SSSR count). The van der Waals surface area contributed by atoms with Crippen LogP contribution in [-0.2, 0) is 6.54 Å². The fourth-order valence-electron chi connectivity index (χ4n) is 1.82. The van der Waals surface area contributed by atoms with Crippen LogP contribution in [0.2, 0.25) is 0 Å². The molecule has 0 atom stereocenters. The monoisotopic (exact) mass is 277 g/mol. The number of hydrogen-bond donors (Lipinski definition) is 2. The molecule has 8 heteroatoms. The Balaban J connectivity index is 2.17. The predicted octanol–water partition coefficient (Wildman–Crippen LogP) is 1.63. The van der Waals surface area contributed by atoms with Gasteiger partial charge in [0.1, 0.15) is 5.69 Å². The topological polar surface area (TPSA) is 106 Å². The van der Waals surface area contributed by atoms with Crippen LogP contribution < -0.4 is 5.32 Å². The Bertz CT molecular complexity index is 615. The van der Waals surface area contributed by atoms with Gasteiger partial charge in [-0.15, -0.1) is 0 Å². The third-order valence-electron chi connectivity index (χ3n) is 2.84. The molecule has 2 N–H and O–H groups in total. The van der Waals surface area contributed by atoms with Crippen molar-refractivity contribution in [1.29, 1.82) is 0 Å². The van der Waals surface area contributed by atoms with Gasteiger partial charge in [-0.3, -0.25) is 20.0 Å². The molecule has 2 aromatic heterocycles. The zero-order valence-electron chi connectivity index (χ0n) is 11.2. The number of nitrogens with one attached hydrogen (secondary N) is 2. The smallest absolute Gasteiger partial charge is 0.287 e.